The topological polar surface area (TPSA) is 41.1 Å². The van der Waals surface area contributed by atoms with Crippen molar-refractivity contribution in [1.82, 2.24) is 10.6 Å². The van der Waals surface area contributed by atoms with Crippen LogP contribution < -0.4 is 10.6 Å². The lowest BCUT2D eigenvalue weighted by Crippen LogP contribution is -2.55. The molecule has 2 N–H and O–H groups in total. The number of nitrogens with zero attached hydrogens (tertiary/aromatic N) is 1. The van der Waals surface area contributed by atoms with Crippen molar-refractivity contribution in [3.05, 3.63) is 24.6 Å². The standard InChI is InChI=1S/C23H43N3O/c1-4-6-7-8-9-10-11-12-13-14-15-16-17-23-25-19-21-26(23,5-2)20-18-24-22(3)27/h8-9,19,21,23,25H,4-7,10-18,20H2,1-3H3/p+1/b9-8+. The Morgan fingerprint density at radius 3 is 2.37 bits per heavy atom. The number of unbranched alkanes of at least 4 members (excludes halogenated alkanes) is 8. The van der Waals surface area contributed by atoms with Crippen molar-refractivity contribution < 1.29 is 9.28 Å². The van der Waals surface area contributed by atoms with Gasteiger partial charge in [-0.15, -0.1) is 0 Å². The van der Waals surface area contributed by atoms with Gasteiger partial charge in [-0.1, -0.05) is 57.6 Å². The molecule has 1 heterocycles. The molecular formula is C23H44N3O+. The van der Waals surface area contributed by atoms with Crippen LogP contribution in [0.2, 0.25) is 0 Å². The average Bonchev–Trinajstić information content (AvgIpc) is 3.05. The van der Waals surface area contributed by atoms with Gasteiger partial charge in [0.25, 0.3) is 0 Å². The van der Waals surface area contributed by atoms with Crippen LogP contribution in [-0.2, 0) is 4.79 Å². The van der Waals surface area contributed by atoms with Crippen molar-refractivity contribution in [3.63, 3.8) is 0 Å². The van der Waals surface area contributed by atoms with E-state index in [1.54, 1.807) is 6.92 Å². The molecule has 0 aliphatic carbocycles. The Kier molecular flexibility index (Phi) is 13.0. The van der Waals surface area contributed by atoms with E-state index in [1.807, 2.05) is 0 Å². The second-order valence-electron chi connectivity index (χ2n) is 7.94. The van der Waals surface area contributed by atoms with Gasteiger partial charge >= 0.3 is 0 Å². The number of carbonyl (C=O) groups excluding carboxylic acids is 1. The van der Waals surface area contributed by atoms with Crippen LogP contribution in [0.1, 0.15) is 91.4 Å². The third-order valence-corrected chi connectivity index (χ3v) is 5.76. The first kappa shape index (κ1) is 23.7. The summed E-state index contributed by atoms with van der Waals surface area (Å²) < 4.78 is 0.949. The highest BCUT2D eigenvalue weighted by Gasteiger charge is 2.36. The minimum Gasteiger partial charge on any atom is -0.351 e. The third kappa shape index (κ3) is 9.99. The summed E-state index contributed by atoms with van der Waals surface area (Å²) >= 11 is 0. The summed E-state index contributed by atoms with van der Waals surface area (Å²) in [7, 11) is 0. The zero-order valence-electron chi connectivity index (χ0n) is 18.1. The van der Waals surface area contributed by atoms with Gasteiger partial charge in [0.05, 0.1) is 19.3 Å². The molecule has 0 aromatic rings. The molecule has 0 saturated heterocycles. The Balaban J connectivity index is 2.09. The molecule has 1 aliphatic rings. The molecule has 27 heavy (non-hydrogen) atoms. The molecule has 0 aromatic heterocycles. The summed E-state index contributed by atoms with van der Waals surface area (Å²) in [5, 5.41) is 6.49. The maximum Gasteiger partial charge on any atom is 0.217 e. The fraction of sp³-hybridized carbons (Fsp3) is 0.783. The van der Waals surface area contributed by atoms with Gasteiger partial charge in [0.2, 0.25) is 5.91 Å². The van der Waals surface area contributed by atoms with Crippen LogP contribution in [0.4, 0.5) is 0 Å². The normalized spacial score (nSPS) is 21.7. The van der Waals surface area contributed by atoms with Crippen LogP contribution in [-0.4, -0.2) is 36.2 Å². The Hall–Kier alpha value is -1.29. The predicted molar refractivity (Wildman–Crippen MR) is 116 cm³/mol. The average molecular weight is 379 g/mol. The molecule has 0 spiro atoms. The summed E-state index contributed by atoms with van der Waals surface area (Å²) in [5.74, 6) is 0.0633. The number of nitrogens with one attached hydrogen (secondary N) is 2. The third-order valence-electron chi connectivity index (χ3n) is 5.76. The Bertz CT molecular complexity index is 447. The number of hydrogen-bond acceptors (Lipinski definition) is 2. The molecule has 1 aliphatic heterocycles. The van der Waals surface area contributed by atoms with E-state index >= 15 is 0 Å². The van der Waals surface area contributed by atoms with Crippen molar-refractivity contribution in [2.24, 2.45) is 0 Å². The maximum absolute atomic E-state index is 11.1. The fourth-order valence-electron chi connectivity index (χ4n) is 3.91. The molecule has 0 aromatic carbocycles. The zero-order chi connectivity index (χ0) is 19.8. The van der Waals surface area contributed by atoms with Crippen LogP contribution in [0.5, 0.6) is 0 Å². The summed E-state index contributed by atoms with van der Waals surface area (Å²) in [6.07, 6.45) is 24.0. The summed E-state index contributed by atoms with van der Waals surface area (Å²) in [4.78, 5) is 11.1. The van der Waals surface area contributed by atoms with Gasteiger partial charge in [0, 0.05) is 13.3 Å². The van der Waals surface area contributed by atoms with Gasteiger partial charge in [0.15, 0.2) is 6.17 Å². The van der Waals surface area contributed by atoms with Gasteiger partial charge in [-0.2, -0.15) is 0 Å². The van der Waals surface area contributed by atoms with Gasteiger partial charge in [-0.3, -0.25) is 9.28 Å². The molecule has 2 atom stereocenters. The van der Waals surface area contributed by atoms with Gasteiger partial charge in [-0.25, -0.2) is 0 Å². The molecule has 4 heteroatoms. The number of allylic oxidation sites excluding steroid dienone is 2. The Morgan fingerprint density at radius 2 is 1.70 bits per heavy atom. The first-order chi connectivity index (χ1) is 13.1. The lowest BCUT2D eigenvalue weighted by molar-refractivity contribution is -0.898. The summed E-state index contributed by atoms with van der Waals surface area (Å²) in [6, 6.07) is 0. The molecule has 1 rings (SSSR count). The predicted octanol–water partition coefficient (Wildman–Crippen LogP) is 5.23. The van der Waals surface area contributed by atoms with E-state index in [9.17, 15) is 4.79 Å². The molecule has 2 unspecified atom stereocenters. The number of hydrogen-bond donors (Lipinski definition) is 2. The van der Waals surface area contributed by atoms with Crippen molar-refractivity contribution >= 4 is 5.91 Å². The Morgan fingerprint density at radius 1 is 1.04 bits per heavy atom. The molecule has 0 saturated carbocycles. The Labute approximate surface area is 168 Å². The van der Waals surface area contributed by atoms with Crippen molar-refractivity contribution in [2.75, 3.05) is 19.6 Å². The first-order valence-electron chi connectivity index (χ1n) is 11.3. The second-order valence-corrected chi connectivity index (χ2v) is 7.94. The van der Waals surface area contributed by atoms with E-state index in [-0.39, 0.29) is 5.91 Å². The van der Waals surface area contributed by atoms with Crippen molar-refractivity contribution in [1.29, 1.82) is 0 Å². The van der Waals surface area contributed by atoms with Crippen molar-refractivity contribution in [2.45, 2.75) is 97.6 Å². The van der Waals surface area contributed by atoms with E-state index < -0.39 is 0 Å². The minimum atomic E-state index is 0.0633. The van der Waals surface area contributed by atoms with Crippen LogP contribution in [0.25, 0.3) is 0 Å². The second kappa shape index (κ2) is 14.7. The molecule has 0 radical (unpaired) electrons. The van der Waals surface area contributed by atoms with Crippen LogP contribution in [0.3, 0.4) is 0 Å². The smallest absolute Gasteiger partial charge is 0.217 e. The molecule has 1 amide bonds. The van der Waals surface area contributed by atoms with E-state index in [2.05, 4.69) is 49.0 Å². The van der Waals surface area contributed by atoms with E-state index in [1.165, 1.54) is 70.6 Å². The quantitative estimate of drug-likeness (QED) is 0.219. The van der Waals surface area contributed by atoms with Crippen molar-refractivity contribution in [3.8, 4) is 0 Å². The van der Waals surface area contributed by atoms with Crippen LogP contribution in [0, 0.1) is 0 Å². The highest BCUT2D eigenvalue weighted by molar-refractivity contribution is 5.72. The van der Waals surface area contributed by atoms with Gasteiger partial charge < -0.3 is 10.6 Å². The van der Waals surface area contributed by atoms with E-state index in [4.69, 9.17) is 0 Å². The zero-order valence-corrected chi connectivity index (χ0v) is 18.1. The number of amides is 1. The largest absolute Gasteiger partial charge is 0.351 e. The molecule has 0 bridgehead atoms. The van der Waals surface area contributed by atoms with Gasteiger partial charge in [-0.05, 0) is 32.6 Å². The molecule has 156 valence electrons. The van der Waals surface area contributed by atoms with Crippen LogP contribution in [0.15, 0.2) is 24.6 Å². The highest BCUT2D eigenvalue weighted by Crippen LogP contribution is 2.22. The molecule has 0 fully saturated rings. The number of carbonyl (C=O) groups is 1. The van der Waals surface area contributed by atoms with E-state index in [0.29, 0.717) is 6.17 Å². The molecule has 4 nitrogen and oxygen atoms in total. The van der Waals surface area contributed by atoms with E-state index in [0.717, 1.165) is 24.1 Å². The summed E-state index contributed by atoms with van der Waals surface area (Å²) in [5.41, 5.74) is 0. The monoisotopic (exact) mass is 378 g/mol. The number of likely N-dealkylation sites (N-methyl/N-ethyl adjacent to an activating group) is 1. The maximum atomic E-state index is 11.1. The fourth-order valence-corrected chi connectivity index (χ4v) is 3.91. The lowest BCUT2D eigenvalue weighted by atomic mass is 10.1. The molecular weight excluding hydrogens is 334 g/mol. The van der Waals surface area contributed by atoms with Gasteiger partial charge in [0.1, 0.15) is 12.7 Å². The highest BCUT2D eigenvalue weighted by atomic mass is 16.1. The summed E-state index contributed by atoms with van der Waals surface area (Å²) in [6.45, 7) is 8.87. The number of quaternary nitrogens is 1. The SMILES string of the molecule is CCCC/C=C/CCCCCCCCC1NC=C[N+]1(CC)CCNC(C)=O. The first-order valence-corrected chi connectivity index (χ1v) is 11.3. The number of rotatable bonds is 16. The lowest BCUT2D eigenvalue weighted by Gasteiger charge is -2.37. The van der Waals surface area contributed by atoms with Crippen LogP contribution >= 0.6 is 0 Å². The minimum absolute atomic E-state index is 0.0633.